The second-order valence-electron chi connectivity index (χ2n) is 6.91. The van der Waals surface area contributed by atoms with Gasteiger partial charge in [0.25, 0.3) is 0 Å². The maximum atomic E-state index is 12.9. The van der Waals surface area contributed by atoms with E-state index >= 15 is 0 Å². The fraction of sp³-hybridized carbons (Fsp3) is 0.409. The van der Waals surface area contributed by atoms with Crippen molar-refractivity contribution >= 4 is 5.97 Å². The van der Waals surface area contributed by atoms with Crippen LogP contribution in [0, 0.1) is 0 Å². The van der Waals surface area contributed by atoms with E-state index in [2.05, 4.69) is 5.32 Å². The molecule has 0 bridgehead atoms. The summed E-state index contributed by atoms with van der Waals surface area (Å²) in [6.45, 7) is 1.87. The third-order valence-electron chi connectivity index (χ3n) is 5.19. The lowest BCUT2D eigenvalue weighted by Gasteiger charge is -2.36. The highest BCUT2D eigenvalue weighted by molar-refractivity contribution is 5.74. The van der Waals surface area contributed by atoms with Crippen LogP contribution >= 0.6 is 0 Å². The Morgan fingerprint density at radius 2 is 1.57 bits per heavy atom. The molecule has 6 heteroatoms. The molecule has 1 fully saturated rings. The number of hydrogen-bond acceptors (Lipinski definition) is 5. The summed E-state index contributed by atoms with van der Waals surface area (Å²) in [5.41, 5.74) is 1.25. The molecule has 0 unspecified atom stereocenters. The molecular weight excluding hydrogens is 358 g/mol. The average molecular weight is 386 g/mol. The lowest BCUT2D eigenvalue weighted by atomic mass is 9.84. The number of nitrogens with two attached hydrogens (primary N) is 1. The van der Waals surface area contributed by atoms with Crippen LogP contribution in [0.1, 0.15) is 24.0 Å². The molecule has 3 rings (SSSR count). The normalized spacial score (nSPS) is 15.5. The molecule has 2 aromatic carbocycles. The minimum Gasteiger partial charge on any atom is -0.493 e. The first-order chi connectivity index (χ1) is 13.6. The number of piperidine rings is 1. The highest BCUT2D eigenvalue weighted by atomic mass is 16.6. The van der Waals surface area contributed by atoms with Crippen LogP contribution in [0.15, 0.2) is 42.5 Å². The van der Waals surface area contributed by atoms with Gasteiger partial charge in [0, 0.05) is 12.8 Å². The Kier molecular flexibility index (Phi) is 6.41. The fourth-order valence-corrected chi connectivity index (χ4v) is 3.79. The van der Waals surface area contributed by atoms with Crippen molar-refractivity contribution in [3.8, 4) is 17.2 Å². The number of quaternary nitrogens is 1. The fourth-order valence-electron chi connectivity index (χ4n) is 3.79. The van der Waals surface area contributed by atoms with Crippen LogP contribution in [0.4, 0.5) is 0 Å². The van der Waals surface area contributed by atoms with Crippen LogP contribution < -0.4 is 19.5 Å². The molecule has 2 aromatic rings. The summed E-state index contributed by atoms with van der Waals surface area (Å²) in [6.07, 6.45) is 1.74. The van der Waals surface area contributed by atoms with Crippen molar-refractivity contribution in [2.24, 2.45) is 0 Å². The topological polar surface area (TPSA) is 70.6 Å². The molecule has 0 aliphatic carbocycles. The summed E-state index contributed by atoms with van der Waals surface area (Å²) >= 11 is 0. The predicted octanol–water partition coefficient (Wildman–Crippen LogP) is 2.05. The van der Waals surface area contributed by atoms with E-state index in [1.54, 1.807) is 33.5 Å². The summed E-state index contributed by atoms with van der Waals surface area (Å²) in [4.78, 5) is 12.9. The van der Waals surface area contributed by atoms with Gasteiger partial charge in [-0.15, -0.1) is 0 Å². The van der Waals surface area contributed by atoms with E-state index in [0.29, 0.717) is 17.2 Å². The Bertz CT molecular complexity index is 775. The zero-order valence-corrected chi connectivity index (χ0v) is 16.7. The largest absolute Gasteiger partial charge is 0.493 e. The number of esters is 1. The molecule has 0 saturated carbocycles. The summed E-state index contributed by atoms with van der Waals surface area (Å²) < 4.78 is 22.2. The van der Waals surface area contributed by atoms with E-state index < -0.39 is 5.60 Å². The maximum Gasteiger partial charge on any atom is 0.311 e. The molecule has 1 aliphatic heterocycles. The van der Waals surface area contributed by atoms with Gasteiger partial charge in [-0.2, -0.15) is 0 Å². The monoisotopic (exact) mass is 386 g/mol. The standard InChI is InChI=1S/C22H27NO5/c1-25-18-13-16(14-19(26-2)21(18)27-3)15-20(24)28-22(9-11-23-12-10-22)17-7-5-4-6-8-17/h4-8,13-14,23H,9-12,15H2,1-3H3/p+1. The van der Waals surface area contributed by atoms with Crippen LogP contribution in [0.3, 0.4) is 0 Å². The quantitative estimate of drug-likeness (QED) is 0.738. The molecule has 150 valence electrons. The summed E-state index contributed by atoms with van der Waals surface area (Å²) in [6, 6.07) is 13.6. The number of carbonyl (C=O) groups excluding carboxylic acids is 1. The number of methoxy groups -OCH3 is 3. The number of hydrogen-bond donors (Lipinski definition) is 1. The third-order valence-corrected chi connectivity index (χ3v) is 5.19. The Morgan fingerprint density at radius 1 is 0.964 bits per heavy atom. The lowest BCUT2D eigenvalue weighted by Crippen LogP contribution is -2.87. The zero-order valence-electron chi connectivity index (χ0n) is 16.7. The van der Waals surface area contributed by atoms with Crippen molar-refractivity contribution in [1.29, 1.82) is 0 Å². The van der Waals surface area contributed by atoms with Gasteiger partial charge in [0.1, 0.15) is 5.60 Å². The third kappa shape index (κ3) is 4.22. The Balaban J connectivity index is 1.82. The van der Waals surface area contributed by atoms with E-state index in [9.17, 15) is 4.79 Å². The molecule has 0 amide bonds. The highest BCUT2D eigenvalue weighted by Crippen LogP contribution is 2.39. The Labute approximate surface area is 165 Å². The molecular formula is C22H28NO5+. The minimum absolute atomic E-state index is 0.134. The first-order valence-electron chi connectivity index (χ1n) is 9.50. The van der Waals surface area contributed by atoms with Gasteiger partial charge < -0.3 is 24.3 Å². The summed E-state index contributed by atoms with van der Waals surface area (Å²) in [7, 11) is 4.67. The van der Waals surface area contributed by atoms with Crippen LogP contribution in [0.2, 0.25) is 0 Å². The van der Waals surface area contributed by atoms with Gasteiger partial charge in [-0.3, -0.25) is 4.79 Å². The molecule has 2 N–H and O–H groups in total. The smallest absolute Gasteiger partial charge is 0.311 e. The molecule has 0 spiro atoms. The average Bonchev–Trinajstić information content (AvgIpc) is 2.74. The number of carbonyl (C=O) groups is 1. The maximum absolute atomic E-state index is 12.9. The predicted molar refractivity (Wildman–Crippen MR) is 105 cm³/mol. The van der Waals surface area contributed by atoms with Crippen molar-refractivity contribution in [2.75, 3.05) is 34.4 Å². The van der Waals surface area contributed by atoms with Crippen LogP contribution in [-0.2, 0) is 21.6 Å². The molecule has 0 radical (unpaired) electrons. The van der Waals surface area contributed by atoms with Gasteiger partial charge in [-0.1, -0.05) is 30.3 Å². The number of rotatable bonds is 7. The second-order valence-corrected chi connectivity index (χ2v) is 6.91. The molecule has 1 heterocycles. The molecule has 6 nitrogen and oxygen atoms in total. The van der Waals surface area contributed by atoms with E-state index in [4.69, 9.17) is 18.9 Å². The van der Waals surface area contributed by atoms with Gasteiger partial charge in [0.15, 0.2) is 11.5 Å². The molecule has 1 saturated heterocycles. The van der Waals surface area contributed by atoms with Gasteiger partial charge in [-0.05, 0) is 23.3 Å². The lowest BCUT2D eigenvalue weighted by molar-refractivity contribution is -0.668. The second kappa shape index (κ2) is 8.97. The highest BCUT2D eigenvalue weighted by Gasteiger charge is 2.39. The Morgan fingerprint density at radius 3 is 2.11 bits per heavy atom. The van der Waals surface area contributed by atoms with Crippen LogP contribution in [0.5, 0.6) is 17.2 Å². The first kappa shape index (κ1) is 20.0. The molecule has 0 aromatic heterocycles. The summed E-state index contributed by atoms with van der Waals surface area (Å²) in [5, 5.41) is 2.26. The SMILES string of the molecule is COc1cc(CC(=O)OC2(c3ccccc3)CC[NH2+]CC2)cc(OC)c1OC. The molecule has 1 aliphatic rings. The number of benzene rings is 2. The van der Waals surface area contributed by atoms with Gasteiger partial charge in [-0.25, -0.2) is 0 Å². The Hall–Kier alpha value is -2.73. The molecule has 0 atom stereocenters. The van der Waals surface area contributed by atoms with E-state index in [0.717, 1.165) is 37.1 Å². The van der Waals surface area contributed by atoms with Crippen LogP contribution in [-0.4, -0.2) is 40.4 Å². The van der Waals surface area contributed by atoms with Crippen molar-refractivity contribution < 1.29 is 29.1 Å². The van der Waals surface area contributed by atoms with Crippen molar-refractivity contribution in [1.82, 2.24) is 0 Å². The van der Waals surface area contributed by atoms with E-state index in [1.807, 2.05) is 30.3 Å². The number of ether oxygens (including phenoxy) is 4. The van der Waals surface area contributed by atoms with Gasteiger partial charge >= 0.3 is 5.97 Å². The van der Waals surface area contributed by atoms with Gasteiger partial charge in [0.05, 0.1) is 40.8 Å². The summed E-state index contributed by atoms with van der Waals surface area (Å²) in [5.74, 6) is 1.29. The molecule has 28 heavy (non-hydrogen) atoms. The van der Waals surface area contributed by atoms with Gasteiger partial charge in [0.2, 0.25) is 5.75 Å². The zero-order chi connectivity index (χ0) is 20.0. The van der Waals surface area contributed by atoms with Crippen molar-refractivity contribution in [3.63, 3.8) is 0 Å². The van der Waals surface area contributed by atoms with Crippen molar-refractivity contribution in [2.45, 2.75) is 24.9 Å². The van der Waals surface area contributed by atoms with Crippen molar-refractivity contribution in [3.05, 3.63) is 53.6 Å². The van der Waals surface area contributed by atoms with E-state index in [-0.39, 0.29) is 12.4 Å². The first-order valence-corrected chi connectivity index (χ1v) is 9.50. The minimum atomic E-state index is -0.562. The van der Waals surface area contributed by atoms with E-state index in [1.165, 1.54) is 0 Å². The van der Waals surface area contributed by atoms with Crippen LogP contribution in [0.25, 0.3) is 0 Å².